The van der Waals surface area contributed by atoms with Crippen molar-refractivity contribution in [2.45, 2.75) is 6.42 Å². The minimum atomic E-state index is 0.856. The molecule has 3 aliphatic rings. The van der Waals surface area contributed by atoms with E-state index in [1.54, 1.807) is 0 Å². The van der Waals surface area contributed by atoms with Gasteiger partial charge in [-0.2, -0.15) is 0 Å². The minimum Gasteiger partial charge on any atom is -0.252 e. The van der Waals surface area contributed by atoms with Crippen LogP contribution in [0.4, 0.5) is 5.69 Å². The van der Waals surface area contributed by atoms with Crippen LogP contribution in [0.25, 0.3) is 43.8 Å². The predicted molar refractivity (Wildman–Crippen MR) is 164 cm³/mol. The Bertz CT molecular complexity index is 2120. The molecule has 1 heterocycles. The molecule has 1 aliphatic heterocycles. The maximum Gasteiger partial charge on any atom is 0.0669 e. The Hall–Kier alpha value is -5.01. The number of aliphatic imine (C=N–C) groups is 1. The number of rotatable bonds is 2. The molecule has 0 radical (unpaired) electrons. The first kappa shape index (κ1) is 21.0. The first-order valence-corrected chi connectivity index (χ1v) is 13.6. The monoisotopic (exact) mass is 493 g/mol. The summed E-state index contributed by atoms with van der Waals surface area (Å²) in [6.45, 7) is 0. The molecule has 0 saturated carbocycles. The summed E-state index contributed by atoms with van der Waals surface area (Å²) >= 11 is 0. The van der Waals surface area contributed by atoms with Gasteiger partial charge in [0.25, 0.3) is 0 Å². The van der Waals surface area contributed by atoms with Crippen LogP contribution in [0.3, 0.4) is 0 Å². The van der Waals surface area contributed by atoms with Crippen molar-refractivity contribution in [3.8, 4) is 0 Å². The van der Waals surface area contributed by atoms with E-state index >= 15 is 0 Å². The Kier molecular flexibility index (Phi) is 4.17. The van der Waals surface area contributed by atoms with Crippen molar-refractivity contribution in [1.29, 1.82) is 0 Å². The van der Waals surface area contributed by atoms with Crippen LogP contribution in [0.5, 0.6) is 0 Å². The Morgan fingerprint density at radius 2 is 1.10 bits per heavy atom. The molecule has 39 heavy (non-hydrogen) atoms. The van der Waals surface area contributed by atoms with Crippen LogP contribution in [-0.4, -0.2) is 5.71 Å². The summed E-state index contributed by atoms with van der Waals surface area (Å²) in [6, 6.07) is 46.5. The van der Waals surface area contributed by atoms with Gasteiger partial charge in [0.05, 0.1) is 11.4 Å². The number of benzene rings is 6. The van der Waals surface area contributed by atoms with Crippen molar-refractivity contribution in [2.75, 3.05) is 0 Å². The first-order chi connectivity index (χ1) is 19.3. The van der Waals surface area contributed by atoms with E-state index in [-0.39, 0.29) is 0 Å². The van der Waals surface area contributed by atoms with E-state index in [2.05, 4.69) is 127 Å². The highest BCUT2D eigenvalue weighted by Crippen LogP contribution is 2.59. The van der Waals surface area contributed by atoms with Gasteiger partial charge in [0.1, 0.15) is 0 Å². The second kappa shape index (κ2) is 7.75. The molecule has 1 heteroatoms. The molecule has 0 bridgehead atoms. The van der Waals surface area contributed by atoms with E-state index in [0.29, 0.717) is 0 Å². The maximum absolute atomic E-state index is 5.27. The lowest BCUT2D eigenvalue weighted by Crippen LogP contribution is -2.03. The van der Waals surface area contributed by atoms with Crippen molar-refractivity contribution < 1.29 is 0 Å². The van der Waals surface area contributed by atoms with E-state index in [9.17, 15) is 0 Å². The van der Waals surface area contributed by atoms with Gasteiger partial charge in [-0.15, -0.1) is 0 Å². The summed E-state index contributed by atoms with van der Waals surface area (Å²) in [5, 5.41) is 5.12. The average Bonchev–Trinajstić information content (AvgIpc) is 3.66. The van der Waals surface area contributed by atoms with E-state index in [4.69, 9.17) is 4.99 Å². The van der Waals surface area contributed by atoms with Gasteiger partial charge < -0.3 is 0 Å². The highest BCUT2D eigenvalue weighted by atomic mass is 14.8. The van der Waals surface area contributed by atoms with Crippen LogP contribution in [0.15, 0.2) is 132 Å². The normalized spacial score (nSPS) is 15.0. The molecule has 0 aromatic heterocycles. The van der Waals surface area contributed by atoms with Crippen molar-refractivity contribution in [3.63, 3.8) is 0 Å². The molecular formula is C38H23N. The Balaban J connectivity index is 1.46. The second-order valence-electron chi connectivity index (χ2n) is 10.7. The quantitative estimate of drug-likeness (QED) is 0.228. The summed E-state index contributed by atoms with van der Waals surface area (Å²) < 4.78 is 0. The Labute approximate surface area is 227 Å². The summed E-state index contributed by atoms with van der Waals surface area (Å²) in [7, 11) is 0. The zero-order valence-electron chi connectivity index (χ0n) is 21.3. The fourth-order valence-electron chi connectivity index (χ4n) is 6.92. The lowest BCUT2D eigenvalue weighted by molar-refractivity contribution is 1.40. The average molecular weight is 494 g/mol. The topological polar surface area (TPSA) is 12.4 Å². The third kappa shape index (κ3) is 2.87. The standard InChI is InChI=1S/C38H23N/c1-2-11-24(12-3-1)34-30-20-25-13-4-5-14-26(25)21-31(30)37-36(34)29-19-18-23-10-6-8-16-28(23)35(29)38(37)33-22-27-15-7-9-17-32(27)39-33/h1-21H,22H2. The fraction of sp³-hybridized carbons (Fsp3) is 0.0263. The maximum atomic E-state index is 5.27. The minimum absolute atomic E-state index is 0.856. The van der Waals surface area contributed by atoms with Gasteiger partial charge in [-0.3, -0.25) is 4.99 Å². The number of para-hydroxylation sites is 1. The van der Waals surface area contributed by atoms with Gasteiger partial charge in [0.15, 0.2) is 0 Å². The zero-order valence-corrected chi connectivity index (χ0v) is 21.3. The molecule has 0 saturated heterocycles. The van der Waals surface area contributed by atoms with Gasteiger partial charge in [-0.05, 0) is 84.3 Å². The lowest BCUT2D eigenvalue weighted by Gasteiger charge is -2.14. The number of hydrogen-bond acceptors (Lipinski definition) is 1. The smallest absolute Gasteiger partial charge is 0.0669 e. The molecule has 9 rings (SSSR count). The van der Waals surface area contributed by atoms with Gasteiger partial charge in [-0.25, -0.2) is 0 Å². The lowest BCUT2D eigenvalue weighted by atomic mass is 9.88. The predicted octanol–water partition coefficient (Wildman–Crippen LogP) is 9.52. The Morgan fingerprint density at radius 3 is 1.90 bits per heavy atom. The molecule has 6 aromatic carbocycles. The SMILES string of the molecule is c1ccc(C2=C3C(=C(C4=Nc5ccccc5C4)c4c3ccc3ccccc43)c3cc4ccccc4cc32)cc1. The molecule has 0 N–H and O–H groups in total. The van der Waals surface area contributed by atoms with Crippen LogP contribution in [0.1, 0.15) is 33.4 Å². The molecule has 0 unspecified atom stereocenters. The van der Waals surface area contributed by atoms with Crippen LogP contribution >= 0.6 is 0 Å². The summed E-state index contributed by atoms with van der Waals surface area (Å²) in [6.07, 6.45) is 0.856. The van der Waals surface area contributed by atoms with E-state index < -0.39 is 0 Å². The molecule has 0 spiro atoms. The van der Waals surface area contributed by atoms with Crippen molar-refractivity contribution in [3.05, 3.63) is 161 Å². The number of fused-ring (bicyclic) bond motifs is 9. The third-order valence-electron chi connectivity index (χ3n) is 8.58. The van der Waals surface area contributed by atoms with Crippen LogP contribution in [0.2, 0.25) is 0 Å². The molecular weight excluding hydrogens is 470 g/mol. The highest BCUT2D eigenvalue weighted by molar-refractivity contribution is 6.48. The van der Waals surface area contributed by atoms with Crippen LogP contribution < -0.4 is 0 Å². The highest BCUT2D eigenvalue weighted by Gasteiger charge is 2.40. The van der Waals surface area contributed by atoms with Gasteiger partial charge in [-0.1, -0.05) is 109 Å². The van der Waals surface area contributed by atoms with Gasteiger partial charge in [0, 0.05) is 17.6 Å². The Morgan fingerprint density at radius 1 is 0.462 bits per heavy atom. The molecule has 1 nitrogen and oxygen atoms in total. The molecule has 6 aromatic rings. The van der Waals surface area contributed by atoms with Crippen LogP contribution in [0, 0.1) is 0 Å². The fourth-order valence-corrected chi connectivity index (χ4v) is 6.92. The molecule has 180 valence electrons. The van der Waals surface area contributed by atoms with Crippen molar-refractivity contribution >= 4 is 55.2 Å². The second-order valence-corrected chi connectivity index (χ2v) is 10.7. The van der Waals surface area contributed by atoms with E-state index in [1.165, 1.54) is 82.9 Å². The van der Waals surface area contributed by atoms with Gasteiger partial charge >= 0.3 is 0 Å². The molecule has 2 aliphatic carbocycles. The van der Waals surface area contributed by atoms with Crippen molar-refractivity contribution in [1.82, 2.24) is 0 Å². The summed E-state index contributed by atoms with van der Waals surface area (Å²) in [4.78, 5) is 5.27. The number of hydrogen-bond donors (Lipinski definition) is 0. The van der Waals surface area contributed by atoms with E-state index in [0.717, 1.165) is 12.1 Å². The third-order valence-corrected chi connectivity index (χ3v) is 8.58. The summed E-state index contributed by atoms with van der Waals surface area (Å²) in [5.74, 6) is 0. The zero-order chi connectivity index (χ0) is 25.5. The van der Waals surface area contributed by atoms with Crippen molar-refractivity contribution in [2.24, 2.45) is 4.99 Å². The molecule has 0 amide bonds. The first-order valence-electron chi connectivity index (χ1n) is 13.6. The van der Waals surface area contributed by atoms with Crippen LogP contribution in [-0.2, 0) is 6.42 Å². The van der Waals surface area contributed by atoms with Gasteiger partial charge in [0.2, 0.25) is 0 Å². The number of allylic oxidation sites excluding steroid dienone is 3. The van der Waals surface area contributed by atoms with E-state index in [1.807, 2.05) is 0 Å². The number of nitrogens with zero attached hydrogens (tertiary/aromatic N) is 1. The summed E-state index contributed by atoms with van der Waals surface area (Å²) in [5.41, 5.74) is 15.4. The molecule has 0 fully saturated rings. The largest absolute Gasteiger partial charge is 0.252 e. The molecule has 0 atom stereocenters.